The topological polar surface area (TPSA) is 154 Å². The molecule has 1 atom stereocenters. The van der Waals surface area contributed by atoms with Crippen molar-refractivity contribution in [1.29, 1.82) is 0 Å². The minimum Gasteiger partial charge on any atom is -0.493 e. The summed E-state index contributed by atoms with van der Waals surface area (Å²) in [7, 11) is 3.15. The third kappa shape index (κ3) is 7.47. The van der Waals surface area contributed by atoms with E-state index in [1.165, 1.54) is 41.0 Å². The zero-order valence-corrected chi connectivity index (χ0v) is 28.1. The zero-order valence-electron chi connectivity index (χ0n) is 26.5. The maximum atomic E-state index is 14.0. The summed E-state index contributed by atoms with van der Waals surface area (Å²) in [5.41, 5.74) is 2.74. The third-order valence-corrected chi connectivity index (χ3v) is 9.68. The summed E-state index contributed by atoms with van der Waals surface area (Å²) in [6, 6.07) is 24.2. The maximum Gasteiger partial charge on any atom is 0.269 e. The van der Waals surface area contributed by atoms with Gasteiger partial charge in [0, 0.05) is 29.7 Å². The molecule has 1 aliphatic rings. The molecule has 5 aromatic rings. The summed E-state index contributed by atoms with van der Waals surface area (Å²) in [5, 5.41) is 31.3. The van der Waals surface area contributed by atoms with Crippen molar-refractivity contribution in [3.63, 3.8) is 0 Å². The molecule has 0 aliphatic carbocycles. The highest BCUT2D eigenvalue weighted by Gasteiger charge is 2.36. The van der Waals surface area contributed by atoms with Crippen LogP contribution in [0.3, 0.4) is 0 Å². The predicted molar refractivity (Wildman–Crippen MR) is 185 cm³/mol. The van der Waals surface area contributed by atoms with E-state index in [1.807, 2.05) is 70.6 Å². The van der Waals surface area contributed by atoms with E-state index in [-0.39, 0.29) is 29.5 Å². The minimum absolute atomic E-state index is 0.0199. The van der Waals surface area contributed by atoms with E-state index in [0.29, 0.717) is 35.4 Å². The van der Waals surface area contributed by atoms with Crippen molar-refractivity contribution in [1.82, 2.24) is 25.1 Å². The number of para-hydroxylation sites is 1. The zero-order chi connectivity index (χ0) is 34.3. The lowest BCUT2D eigenvalue weighted by atomic mass is 9.99. The molecule has 0 bridgehead atoms. The summed E-state index contributed by atoms with van der Waals surface area (Å²) in [5.74, 6) is 0.966. The number of rotatable bonds is 13. The Balaban J connectivity index is 1.23. The van der Waals surface area contributed by atoms with Gasteiger partial charge < -0.3 is 19.4 Å². The fourth-order valence-electron chi connectivity index (χ4n) is 5.42. The van der Waals surface area contributed by atoms with Gasteiger partial charge in [-0.1, -0.05) is 60.3 Å². The van der Waals surface area contributed by atoms with Gasteiger partial charge in [0.2, 0.25) is 0 Å². The van der Waals surface area contributed by atoms with Gasteiger partial charge in [-0.3, -0.25) is 19.7 Å². The van der Waals surface area contributed by atoms with E-state index in [2.05, 4.69) is 15.5 Å². The molecule has 6 rings (SSSR count). The Morgan fingerprint density at radius 1 is 1.00 bits per heavy atom. The van der Waals surface area contributed by atoms with Crippen LogP contribution in [0.5, 0.6) is 11.5 Å². The van der Waals surface area contributed by atoms with E-state index in [9.17, 15) is 19.7 Å². The molecule has 13 nitrogen and oxygen atoms in total. The van der Waals surface area contributed by atoms with Crippen LogP contribution in [0.1, 0.15) is 44.6 Å². The number of nitrogens with one attached hydrogen (secondary N) is 1. The van der Waals surface area contributed by atoms with Crippen molar-refractivity contribution in [2.75, 3.05) is 20.0 Å². The molecule has 0 unspecified atom stereocenters. The first-order valence-corrected chi connectivity index (χ1v) is 17.0. The van der Waals surface area contributed by atoms with Gasteiger partial charge in [0.15, 0.2) is 22.5 Å². The molecule has 15 heteroatoms. The standard InChI is InChI=1S/C34H31N7O6S2/c1-46-28-11-6-10-25(32(28)47-2)27-18-26(29-12-7-17-48-29)38-40(27)31(42)21-49-34-37-36-30(39(34)20-22-8-4-3-5-9-22)19-35-33(43)23-13-15-24(16-14-23)41(44)45/h3-17,27H,18-21H2,1-2H3,(H,35,43)/t27-/m1/s1. The number of hydrogen-bond donors (Lipinski definition) is 1. The number of methoxy groups -OCH3 is 2. The van der Waals surface area contributed by atoms with Crippen molar-refractivity contribution in [2.24, 2.45) is 5.10 Å². The normalized spacial score (nSPS) is 14.0. The maximum absolute atomic E-state index is 14.0. The van der Waals surface area contributed by atoms with Crippen LogP contribution in [0.4, 0.5) is 5.69 Å². The Bertz CT molecular complexity index is 1980. The van der Waals surface area contributed by atoms with Crippen LogP contribution in [-0.4, -0.2) is 62.2 Å². The Kier molecular flexibility index (Phi) is 10.3. The highest BCUT2D eigenvalue weighted by Crippen LogP contribution is 2.42. The summed E-state index contributed by atoms with van der Waals surface area (Å²) in [6.45, 7) is 0.448. The molecule has 3 aromatic carbocycles. The number of ether oxygens (including phenoxy) is 2. The number of nitro groups is 1. The highest BCUT2D eigenvalue weighted by atomic mass is 32.2. The number of nitro benzene ring substituents is 1. The molecule has 1 N–H and O–H groups in total. The van der Waals surface area contributed by atoms with Crippen LogP contribution in [0.25, 0.3) is 0 Å². The summed E-state index contributed by atoms with van der Waals surface area (Å²) >= 11 is 2.79. The van der Waals surface area contributed by atoms with E-state index < -0.39 is 16.9 Å². The first-order valence-electron chi connectivity index (χ1n) is 15.1. The lowest BCUT2D eigenvalue weighted by molar-refractivity contribution is -0.384. The van der Waals surface area contributed by atoms with Crippen LogP contribution in [0, 0.1) is 10.1 Å². The molecule has 49 heavy (non-hydrogen) atoms. The fraction of sp³-hybridized carbons (Fsp3) is 0.206. The van der Waals surface area contributed by atoms with Crippen LogP contribution in [0.15, 0.2) is 101 Å². The molecule has 0 saturated heterocycles. The molecule has 3 heterocycles. The van der Waals surface area contributed by atoms with Crippen molar-refractivity contribution in [3.05, 3.63) is 128 Å². The second-order valence-corrected chi connectivity index (χ2v) is 12.7. The average Bonchev–Trinajstić information content (AvgIpc) is 3.90. The number of benzene rings is 3. The monoisotopic (exact) mass is 697 g/mol. The molecule has 0 fully saturated rings. The summed E-state index contributed by atoms with van der Waals surface area (Å²) in [4.78, 5) is 38.3. The van der Waals surface area contributed by atoms with Crippen LogP contribution >= 0.6 is 23.1 Å². The molecular weight excluding hydrogens is 667 g/mol. The molecule has 2 aromatic heterocycles. The van der Waals surface area contributed by atoms with Gasteiger partial charge in [-0.15, -0.1) is 21.5 Å². The number of hydrogen-bond acceptors (Lipinski definition) is 11. The van der Waals surface area contributed by atoms with Crippen molar-refractivity contribution in [2.45, 2.75) is 30.7 Å². The molecular formula is C34H31N7O6S2. The summed E-state index contributed by atoms with van der Waals surface area (Å²) in [6.07, 6.45) is 0.503. The van der Waals surface area contributed by atoms with Gasteiger partial charge in [-0.05, 0) is 35.2 Å². The minimum atomic E-state index is -0.522. The molecule has 0 saturated carbocycles. The number of non-ortho nitro benzene ring substituents is 1. The number of aromatic nitrogens is 3. The van der Waals surface area contributed by atoms with Gasteiger partial charge >= 0.3 is 0 Å². The van der Waals surface area contributed by atoms with Crippen LogP contribution < -0.4 is 14.8 Å². The average molecular weight is 698 g/mol. The van der Waals surface area contributed by atoms with Crippen molar-refractivity contribution >= 4 is 46.3 Å². The van der Waals surface area contributed by atoms with E-state index in [1.54, 1.807) is 25.6 Å². The lowest BCUT2D eigenvalue weighted by Crippen LogP contribution is -2.29. The second-order valence-electron chi connectivity index (χ2n) is 10.8. The molecule has 250 valence electrons. The number of hydrazone groups is 1. The van der Waals surface area contributed by atoms with Crippen molar-refractivity contribution < 1.29 is 24.0 Å². The number of thioether (sulfide) groups is 1. The number of nitrogens with zero attached hydrogens (tertiary/aromatic N) is 6. The summed E-state index contributed by atoms with van der Waals surface area (Å²) < 4.78 is 13.1. The van der Waals surface area contributed by atoms with E-state index in [4.69, 9.17) is 14.6 Å². The quantitative estimate of drug-likeness (QED) is 0.0925. The third-order valence-electron chi connectivity index (χ3n) is 7.81. The SMILES string of the molecule is COc1cccc([C@H]2CC(c3cccs3)=NN2C(=O)CSc2nnc(CNC(=O)c3ccc([N+](=O)[O-])cc3)n2Cc2ccccc2)c1OC. The Morgan fingerprint density at radius 2 is 1.80 bits per heavy atom. The number of carbonyl (C=O) groups excluding carboxylic acids is 2. The van der Waals surface area contributed by atoms with Gasteiger partial charge in [0.25, 0.3) is 17.5 Å². The Hall–Kier alpha value is -5.54. The molecule has 0 spiro atoms. The van der Waals surface area contributed by atoms with E-state index >= 15 is 0 Å². The van der Waals surface area contributed by atoms with E-state index in [0.717, 1.165) is 21.7 Å². The largest absolute Gasteiger partial charge is 0.493 e. The number of amides is 2. The number of carbonyl (C=O) groups is 2. The molecule has 1 aliphatic heterocycles. The van der Waals surface area contributed by atoms with Gasteiger partial charge in [0.1, 0.15) is 0 Å². The lowest BCUT2D eigenvalue weighted by Gasteiger charge is -2.24. The van der Waals surface area contributed by atoms with Crippen LogP contribution in [-0.2, 0) is 17.9 Å². The van der Waals surface area contributed by atoms with Crippen LogP contribution in [0.2, 0.25) is 0 Å². The predicted octanol–water partition coefficient (Wildman–Crippen LogP) is 5.71. The van der Waals surface area contributed by atoms with Gasteiger partial charge in [-0.2, -0.15) is 5.10 Å². The van der Waals surface area contributed by atoms with Gasteiger partial charge in [0.05, 0.1) is 54.6 Å². The first kappa shape index (κ1) is 33.4. The Labute approximate surface area is 289 Å². The molecule has 0 radical (unpaired) electrons. The highest BCUT2D eigenvalue weighted by molar-refractivity contribution is 7.99. The smallest absolute Gasteiger partial charge is 0.269 e. The second kappa shape index (κ2) is 15.1. The first-order chi connectivity index (χ1) is 23.9. The van der Waals surface area contributed by atoms with Gasteiger partial charge in [-0.25, -0.2) is 5.01 Å². The Morgan fingerprint density at radius 3 is 2.49 bits per heavy atom. The number of thiophene rings is 1. The van der Waals surface area contributed by atoms with Crippen molar-refractivity contribution in [3.8, 4) is 11.5 Å². The molecule has 2 amide bonds. The fourth-order valence-corrected chi connectivity index (χ4v) is 6.95.